The lowest BCUT2D eigenvalue weighted by Crippen LogP contribution is -2.36. The lowest BCUT2D eigenvalue weighted by molar-refractivity contribution is 0.122. The van der Waals surface area contributed by atoms with Gasteiger partial charge in [0.2, 0.25) is 0 Å². The van der Waals surface area contributed by atoms with E-state index < -0.39 is 0 Å². The molecule has 2 aromatic carbocycles. The first-order chi connectivity index (χ1) is 12.7. The van der Waals surface area contributed by atoms with Crippen molar-refractivity contribution >= 4 is 28.1 Å². The number of ether oxygens (including phenoxy) is 1. The maximum atomic E-state index is 14.7. The zero-order valence-electron chi connectivity index (χ0n) is 14.1. The summed E-state index contributed by atoms with van der Waals surface area (Å²) in [5.41, 5.74) is 2.77. The number of anilines is 3. The second-order valence-corrected chi connectivity index (χ2v) is 5.99. The van der Waals surface area contributed by atoms with Crippen molar-refractivity contribution in [1.82, 2.24) is 9.97 Å². The average Bonchev–Trinajstić information content (AvgIpc) is 2.69. The molecule has 0 atom stereocenters. The molecule has 0 radical (unpaired) electrons. The van der Waals surface area contributed by atoms with Gasteiger partial charge in [0.05, 0.1) is 24.4 Å². The lowest BCUT2D eigenvalue weighted by Gasteiger charge is -2.29. The smallest absolute Gasteiger partial charge is 0.147 e. The summed E-state index contributed by atoms with van der Waals surface area (Å²) in [6.07, 6.45) is 6.91. The van der Waals surface area contributed by atoms with Gasteiger partial charge in [-0.25, -0.2) is 14.4 Å². The van der Waals surface area contributed by atoms with Gasteiger partial charge in [0.25, 0.3) is 0 Å². The topological polar surface area (TPSA) is 50.3 Å². The van der Waals surface area contributed by atoms with Crippen molar-refractivity contribution in [3.63, 3.8) is 0 Å². The molecule has 6 heteroatoms. The predicted octanol–water partition coefficient (Wildman–Crippen LogP) is 3.33. The first-order valence-electron chi connectivity index (χ1n) is 8.35. The van der Waals surface area contributed by atoms with E-state index in [9.17, 15) is 4.39 Å². The van der Waals surface area contributed by atoms with Crippen molar-refractivity contribution < 1.29 is 9.13 Å². The van der Waals surface area contributed by atoms with Crippen molar-refractivity contribution in [2.24, 2.45) is 0 Å². The van der Waals surface area contributed by atoms with E-state index in [0.29, 0.717) is 48.7 Å². The number of hydrogen-bond acceptors (Lipinski definition) is 5. The number of nitrogens with zero attached hydrogens (tertiary/aromatic N) is 3. The molecule has 1 saturated heterocycles. The van der Waals surface area contributed by atoms with Crippen LogP contribution in [0.5, 0.6) is 0 Å². The molecule has 0 aliphatic carbocycles. The molecule has 1 fully saturated rings. The molecular formula is C20H17FN4O. The Bertz CT molecular complexity index is 993. The van der Waals surface area contributed by atoms with E-state index in [-0.39, 0.29) is 5.82 Å². The Morgan fingerprint density at radius 1 is 1.15 bits per heavy atom. The highest BCUT2D eigenvalue weighted by molar-refractivity contribution is 5.92. The summed E-state index contributed by atoms with van der Waals surface area (Å²) in [6.45, 7) is 2.52. The maximum absolute atomic E-state index is 14.7. The molecule has 2 heterocycles. The van der Waals surface area contributed by atoms with E-state index in [1.807, 2.05) is 29.2 Å². The fraction of sp³-hybridized carbons (Fsp3) is 0.200. The quantitative estimate of drug-likeness (QED) is 0.736. The molecule has 130 valence electrons. The van der Waals surface area contributed by atoms with E-state index in [1.54, 1.807) is 6.07 Å². The highest BCUT2D eigenvalue weighted by Crippen LogP contribution is 2.30. The standard InChI is InChI=1S/C20H17FN4O/c1-2-14-4-3-5-15(10-14)24-20-16-11-17(21)19(12-18(16)22-13-23-20)25-6-8-26-9-7-25/h1,3-5,10-13H,6-9H2,(H,22,23,24). The van der Waals surface area contributed by atoms with Gasteiger partial charge < -0.3 is 15.0 Å². The van der Waals surface area contributed by atoms with Crippen LogP contribution in [0.15, 0.2) is 42.7 Å². The SMILES string of the molecule is C#Cc1cccc(Nc2ncnc3cc(N4CCOCC4)c(F)cc23)c1. The fourth-order valence-electron chi connectivity index (χ4n) is 3.04. The molecule has 26 heavy (non-hydrogen) atoms. The molecular weight excluding hydrogens is 331 g/mol. The summed E-state index contributed by atoms with van der Waals surface area (Å²) >= 11 is 0. The Morgan fingerprint density at radius 3 is 2.81 bits per heavy atom. The van der Waals surface area contributed by atoms with Gasteiger partial charge in [-0.3, -0.25) is 0 Å². The molecule has 5 nitrogen and oxygen atoms in total. The van der Waals surface area contributed by atoms with Gasteiger partial charge >= 0.3 is 0 Å². The van der Waals surface area contributed by atoms with Gasteiger partial charge in [0, 0.05) is 29.7 Å². The van der Waals surface area contributed by atoms with E-state index in [4.69, 9.17) is 11.2 Å². The van der Waals surface area contributed by atoms with Gasteiger partial charge in [-0.05, 0) is 30.3 Å². The van der Waals surface area contributed by atoms with Crippen molar-refractivity contribution in [1.29, 1.82) is 0 Å². The normalized spacial score (nSPS) is 14.2. The van der Waals surface area contributed by atoms with Crippen molar-refractivity contribution in [3.8, 4) is 12.3 Å². The Labute approximate surface area is 150 Å². The Hall–Kier alpha value is -3.17. The molecule has 1 aromatic heterocycles. The third-order valence-corrected chi connectivity index (χ3v) is 4.35. The molecule has 1 aliphatic heterocycles. The maximum Gasteiger partial charge on any atom is 0.147 e. The lowest BCUT2D eigenvalue weighted by atomic mass is 10.1. The van der Waals surface area contributed by atoms with E-state index >= 15 is 0 Å². The van der Waals surface area contributed by atoms with Crippen LogP contribution in [-0.4, -0.2) is 36.3 Å². The van der Waals surface area contributed by atoms with Crippen LogP contribution in [0.3, 0.4) is 0 Å². The molecule has 3 aromatic rings. The molecule has 1 N–H and O–H groups in total. The van der Waals surface area contributed by atoms with Crippen LogP contribution in [-0.2, 0) is 4.74 Å². The fourth-order valence-corrected chi connectivity index (χ4v) is 3.04. The molecule has 1 aliphatic rings. The minimum Gasteiger partial charge on any atom is -0.378 e. The van der Waals surface area contributed by atoms with Crippen LogP contribution in [0.1, 0.15) is 5.56 Å². The van der Waals surface area contributed by atoms with E-state index in [1.165, 1.54) is 12.4 Å². The van der Waals surface area contributed by atoms with Gasteiger partial charge in [0.15, 0.2) is 0 Å². The molecule has 0 bridgehead atoms. The van der Waals surface area contributed by atoms with Crippen LogP contribution in [0.4, 0.5) is 21.6 Å². The molecule has 4 rings (SSSR count). The average molecular weight is 348 g/mol. The third kappa shape index (κ3) is 3.17. The monoisotopic (exact) mass is 348 g/mol. The summed E-state index contributed by atoms with van der Waals surface area (Å²) in [4.78, 5) is 10.5. The summed E-state index contributed by atoms with van der Waals surface area (Å²) in [5, 5.41) is 3.82. The van der Waals surface area contributed by atoms with E-state index in [0.717, 1.165) is 11.3 Å². The van der Waals surface area contributed by atoms with Gasteiger partial charge in [-0.15, -0.1) is 6.42 Å². The highest BCUT2D eigenvalue weighted by Gasteiger charge is 2.17. The Morgan fingerprint density at radius 2 is 2.00 bits per heavy atom. The number of terminal acetylenes is 1. The number of benzene rings is 2. The Kier molecular flexibility index (Phi) is 4.38. The van der Waals surface area contributed by atoms with Crippen LogP contribution >= 0.6 is 0 Å². The number of morpholine rings is 1. The van der Waals surface area contributed by atoms with Gasteiger partial charge in [-0.1, -0.05) is 12.0 Å². The first-order valence-corrected chi connectivity index (χ1v) is 8.35. The summed E-state index contributed by atoms with van der Waals surface area (Å²) in [6, 6.07) is 10.7. The van der Waals surface area contributed by atoms with Gasteiger partial charge in [-0.2, -0.15) is 0 Å². The second kappa shape index (κ2) is 6.98. The second-order valence-electron chi connectivity index (χ2n) is 5.99. The van der Waals surface area contributed by atoms with E-state index in [2.05, 4.69) is 21.2 Å². The largest absolute Gasteiger partial charge is 0.378 e. The van der Waals surface area contributed by atoms with Crippen LogP contribution < -0.4 is 10.2 Å². The summed E-state index contributed by atoms with van der Waals surface area (Å²) in [5.74, 6) is 2.84. The third-order valence-electron chi connectivity index (χ3n) is 4.35. The van der Waals surface area contributed by atoms with Crippen LogP contribution in [0, 0.1) is 18.2 Å². The summed E-state index contributed by atoms with van der Waals surface area (Å²) < 4.78 is 20.1. The van der Waals surface area contributed by atoms with Crippen molar-refractivity contribution in [2.75, 3.05) is 36.5 Å². The summed E-state index contributed by atoms with van der Waals surface area (Å²) in [7, 11) is 0. The van der Waals surface area contributed by atoms with Crippen molar-refractivity contribution in [3.05, 3.63) is 54.1 Å². The predicted molar refractivity (Wildman–Crippen MR) is 100 cm³/mol. The zero-order valence-corrected chi connectivity index (χ0v) is 14.1. The zero-order chi connectivity index (χ0) is 17.9. The minimum absolute atomic E-state index is 0.297. The van der Waals surface area contributed by atoms with Crippen molar-refractivity contribution in [2.45, 2.75) is 0 Å². The van der Waals surface area contributed by atoms with Crippen LogP contribution in [0.2, 0.25) is 0 Å². The molecule has 0 saturated carbocycles. The number of halogens is 1. The Balaban J connectivity index is 1.72. The number of nitrogens with one attached hydrogen (secondary N) is 1. The number of hydrogen-bond donors (Lipinski definition) is 1. The molecule has 0 spiro atoms. The molecule has 0 amide bonds. The van der Waals surface area contributed by atoms with Crippen LogP contribution in [0.25, 0.3) is 10.9 Å². The first kappa shape index (κ1) is 16.3. The highest BCUT2D eigenvalue weighted by atomic mass is 19.1. The number of fused-ring (bicyclic) bond motifs is 1. The number of rotatable bonds is 3. The van der Waals surface area contributed by atoms with Gasteiger partial charge in [0.1, 0.15) is 18.0 Å². The number of aromatic nitrogens is 2. The minimum atomic E-state index is -0.297. The molecule has 0 unspecified atom stereocenters.